The van der Waals surface area contributed by atoms with Crippen molar-refractivity contribution >= 4 is 62.0 Å². The SMILES string of the molecule is Cc1cc2c(=O)n(C)c(SCC(=O)c3ccc(Cl)s3)nc2s1. The van der Waals surface area contributed by atoms with Crippen LogP contribution >= 0.6 is 46.0 Å². The lowest BCUT2D eigenvalue weighted by Crippen LogP contribution is -2.19. The highest BCUT2D eigenvalue weighted by molar-refractivity contribution is 7.99. The number of thioether (sulfide) groups is 1. The van der Waals surface area contributed by atoms with Gasteiger partial charge in [0.25, 0.3) is 5.56 Å². The molecule has 0 aliphatic heterocycles. The summed E-state index contributed by atoms with van der Waals surface area (Å²) in [5.41, 5.74) is -0.0801. The quantitative estimate of drug-likeness (QED) is 0.396. The zero-order chi connectivity index (χ0) is 15.9. The van der Waals surface area contributed by atoms with Crippen LogP contribution in [0.15, 0.2) is 28.2 Å². The Balaban J connectivity index is 1.86. The molecule has 8 heteroatoms. The van der Waals surface area contributed by atoms with Crippen molar-refractivity contribution in [3.8, 4) is 0 Å². The summed E-state index contributed by atoms with van der Waals surface area (Å²) >= 11 is 9.85. The number of Topliss-reactive ketones (excluding diaryl/α,β-unsaturated/α-hetero) is 1. The van der Waals surface area contributed by atoms with Gasteiger partial charge in [-0.15, -0.1) is 22.7 Å². The van der Waals surface area contributed by atoms with Crippen LogP contribution in [0.3, 0.4) is 0 Å². The highest BCUT2D eigenvalue weighted by Crippen LogP contribution is 2.26. The highest BCUT2D eigenvalue weighted by Gasteiger charge is 2.14. The average Bonchev–Trinajstić information content (AvgIpc) is 3.06. The second-order valence-electron chi connectivity index (χ2n) is 4.65. The Bertz CT molecular complexity index is 926. The molecule has 3 rings (SSSR count). The van der Waals surface area contributed by atoms with E-state index in [0.717, 1.165) is 9.71 Å². The molecule has 3 heterocycles. The minimum atomic E-state index is -0.0801. The van der Waals surface area contributed by atoms with Gasteiger partial charge in [-0.1, -0.05) is 23.4 Å². The van der Waals surface area contributed by atoms with Gasteiger partial charge in [-0.2, -0.15) is 0 Å². The molecule has 0 aromatic carbocycles. The zero-order valence-corrected chi connectivity index (χ0v) is 15.0. The number of fused-ring (bicyclic) bond motifs is 1. The normalized spacial score (nSPS) is 11.2. The van der Waals surface area contributed by atoms with E-state index in [1.165, 1.54) is 39.0 Å². The van der Waals surface area contributed by atoms with E-state index >= 15 is 0 Å². The predicted octanol–water partition coefficient (Wildman–Crippen LogP) is 3.99. The van der Waals surface area contributed by atoms with Gasteiger partial charge in [0.05, 0.1) is 20.4 Å². The molecule has 3 aromatic rings. The molecule has 0 fully saturated rings. The molecule has 3 aromatic heterocycles. The van der Waals surface area contributed by atoms with Crippen molar-refractivity contribution in [2.75, 3.05) is 5.75 Å². The lowest BCUT2D eigenvalue weighted by atomic mass is 10.4. The number of aromatic nitrogens is 2. The Morgan fingerprint density at radius 3 is 2.86 bits per heavy atom. The Hall–Kier alpha value is -1.15. The number of ketones is 1. The van der Waals surface area contributed by atoms with E-state index in [1.807, 2.05) is 13.0 Å². The monoisotopic (exact) mass is 370 g/mol. The minimum absolute atomic E-state index is 0.0152. The van der Waals surface area contributed by atoms with Crippen molar-refractivity contribution in [3.63, 3.8) is 0 Å². The second kappa shape index (κ2) is 6.16. The summed E-state index contributed by atoms with van der Waals surface area (Å²) in [6.45, 7) is 1.95. The average molecular weight is 371 g/mol. The molecule has 0 spiro atoms. The van der Waals surface area contributed by atoms with Gasteiger partial charge in [-0.3, -0.25) is 14.2 Å². The van der Waals surface area contributed by atoms with Crippen molar-refractivity contribution in [2.45, 2.75) is 12.1 Å². The van der Waals surface area contributed by atoms with Gasteiger partial charge in [0.2, 0.25) is 0 Å². The van der Waals surface area contributed by atoms with Crippen LogP contribution in [0.25, 0.3) is 10.2 Å². The molecule has 0 bridgehead atoms. The van der Waals surface area contributed by atoms with Crippen LogP contribution in [0.2, 0.25) is 4.34 Å². The summed E-state index contributed by atoms with van der Waals surface area (Å²) in [4.78, 5) is 31.3. The lowest BCUT2D eigenvalue weighted by molar-refractivity contribution is 0.102. The van der Waals surface area contributed by atoms with Crippen molar-refractivity contribution in [2.24, 2.45) is 7.05 Å². The van der Waals surface area contributed by atoms with E-state index in [-0.39, 0.29) is 17.1 Å². The first-order valence-corrected chi connectivity index (χ1v) is 9.34. The van der Waals surface area contributed by atoms with Crippen LogP contribution in [0.4, 0.5) is 0 Å². The van der Waals surface area contributed by atoms with Crippen molar-refractivity contribution in [1.82, 2.24) is 9.55 Å². The zero-order valence-electron chi connectivity index (χ0n) is 11.8. The molecule has 4 nitrogen and oxygen atoms in total. The molecule has 22 heavy (non-hydrogen) atoms. The van der Waals surface area contributed by atoms with E-state index in [9.17, 15) is 9.59 Å². The largest absolute Gasteiger partial charge is 0.292 e. The standard InChI is InChI=1S/C14H11ClN2O2S3/c1-7-5-8-12(21-7)16-14(17(2)13(8)19)20-6-9(18)10-3-4-11(15)22-10/h3-5H,6H2,1-2H3. The van der Waals surface area contributed by atoms with Crippen LogP contribution in [-0.4, -0.2) is 21.1 Å². The summed E-state index contributed by atoms with van der Waals surface area (Å²) in [5.74, 6) is 0.214. The summed E-state index contributed by atoms with van der Waals surface area (Å²) in [6.07, 6.45) is 0. The fraction of sp³-hybridized carbons (Fsp3) is 0.214. The smallest absolute Gasteiger partial charge is 0.262 e. The van der Waals surface area contributed by atoms with E-state index < -0.39 is 0 Å². The molecule has 0 atom stereocenters. The summed E-state index contributed by atoms with van der Waals surface area (Å²) in [5, 5.41) is 1.18. The van der Waals surface area contributed by atoms with Crippen LogP contribution in [0.5, 0.6) is 0 Å². The Labute approximate surface area is 143 Å². The topological polar surface area (TPSA) is 52.0 Å². The lowest BCUT2D eigenvalue weighted by Gasteiger charge is -2.05. The van der Waals surface area contributed by atoms with Gasteiger partial charge < -0.3 is 0 Å². The maximum Gasteiger partial charge on any atom is 0.262 e. The summed E-state index contributed by atoms with van der Waals surface area (Å²) < 4.78 is 2.09. The molecule has 0 radical (unpaired) electrons. The number of hydrogen-bond donors (Lipinski definition) is 0. The van der Waals surface area contributed by atoms with Crippen LogP contribution in [-0.2, 0) is 7.05 Å². The van der Waals surface area contributed by atoms with Gasteiger partial charge in [0.15, 0.2) is 10.9 Å². The maximum absolute atomic E-state index is 12.3. The first-order valence-electron chi connectivity index (χ1n) is 6.34. The van der Waals surface area contributed by atoms with Crippen molar-refractivity contribution < 1.29 is 4.79 Å². The van der Waals surface area contributed by atoms with Gasteiger partial charge in [0.1, 0.15) is 4.83 Å². The third kappa shape index (κ3) is 2.99. The number of halogens is 1. The van der Waals surface area contributed by atoms with Crippen LogP contribution in [0.1, 0.15) is 14.5 Å². The number of thiophene rings is 2. The molecule has 0 aliphatic carbocycles. The highest BCUT2D eigenvalue weighted by atomic mass is 35.5. The fourth-order valence-electron chi connectivity index (χ4n) is 1.96. The molecule has 0 unspecified atom stereocenters. The Morgan fingerprint density at radius 2 is 2.18 bits per heavy atom. The molecule has 114 valence electrons. The third-order valence-electron chi connectivity index (χ3n) is 3.04. The van der Waals surface area contributed by atoms with Gasteiger partial charge in [-0.05, 0) is 25.1 Å². The first-order chi connectivity index (χ1) is 10.5. The van der Waals surface area contributed by atoms with Crippen molar-refractivity contribution in [1.29, 1.82) is 0 Å². The second-order valence-corrected chi connectivity index (χ2v) is 8.54. The summed E-state index contributed by atoms with van der Waals surface area (Å²) in [6, 6.07) is 5.27. The minimum Gasteiger partial charge on any atom is -0.292 e. The van der Waals surface area contributed by atoms with E-state index in [0.29, 0.717) is 19.8 Å². The molecule has 0 saturated carbocycles. The van der Waals surface area contributed by atoms with Gasteiger partial charge >= 0.3 is 0 Å². The number of rotatable bonds is 4. The van der Waals surface area contributed by atoms with Gasteiger partial charge in [0, 0.05) is 11.9 Å². The van der Waals surface area contributed by atoms with E-state index in [4.69, 9.17) is 11.6 Å². The number of aryl methyl sites for hydroxylation is 1. The first kappa shape index (κ1) is 15.7. The summed E-state index contributed by atoms with van der Waals surface area (Å²) in [7, 11) is 1.68. The predicted molar refractivity (Wildman–Crippen MR) is 94.0 cm³/mol. The number of carbonyl (C=O) groups excluding carboxylic acids is 1. The van der Waals surface area contributed by atoms with Crippen LogP contribution in [0, 0.1) is 6.92 Å². The van der Waals surface area contributed by atoms with Gasteiger partial charge in [-0.25, -0.2) is 4.98 Å². The molecule has 0 saturated heterocycles. The number of nitrogens with zero attached hydrogens (tertiary/aromatic N) is 2. The number of hydrogen-bond acceptors (Lipinski definition) is 6. The van der Waals surface area contributed by atoms with Crippen LogP contribution < -0.4 is 5.56 Å². The van der Waals surface area contributed by atoms with E-state index in [1.54, 1.807) is 19.2 Å². The molecular weight excluding hydrogens is 360 g/mol. The molecular formula is C14H11ClN2O2S3. The molecule has 0 N–H and O–H groups in total. The third-order valence-corrected chi connectivity index (χ3v) is 6.28. The van der Waals surface area contributed by atoms with Crippen molar-refractivity contribution in [3.05, 3.63) is 42.6 Å². The Morgan fingerprint density at radius 1 is 1.41 bits per heavy atom. The molecule has 0 amide bonds. The molecule has 0 aliphatic rings. The maximum atomic E-state index is 12.3. The number of carbonyl (C=O) groups is 1. The Kier molecular flexibility index (Phi) is 4.40. The fourth-order valence-corrected chi connectivity index (χ4v) is 4.81. The van der Waals surface area contributed by atoms with E-state index in [2.05, 4.69) is 4.98 Å².